The number of amidine groups is 1. The van der Waals surface area contributed by atoms with Crippen molar-refractivity contribution >= 4 is 56.0 Å². The number of non-ortho nitro benzene ring substituents is 1. The van der Waals surface area contributed by atoms with E-state index in [9.17, 15) is 23.3 Å². The summed E-state index contributed by atoms with van der Waals surface area (Å²) in [5, 5.41) is 12.6. The number of carbonyl (C=O) groups excluding carboxylic acids is 1. The number of nitro benzene ring substituents is 1. The van der Waals surface area contributed by atoms with Crippen molar-refractivity contribution in [2.75, 3.05) is 6.54 Å². The summed E-state index contributed by atoms with van der Waals surface area (Å²) in [6.45, 7) is 1.96. The van der Waals surface area contributed by atoms with E-state index in [1.165, 1.54) is 35.2 Å². The molecule has 0 radical (unpaired) electrons. The van der Waals surface area contributed by atoms with Crippen LogP contribution in [-0.2, 0) is 14.8 Å². The number of amides is 1. The highest BCUT2D eigenvalue weighted by Gasteiger charge is 2.34. The highest BCUT2D eigenvalue weighted by molar-refractivity contribution is 8.19. The van der Waals surface area contributed by atoms with Crippen LogP contribution in [0.5, 0.6) is 0 Å². The number of hydrogen-bond donors (Lipinski definition) is 0. The lowest BCUT2D eigenvalue weighted by atomic mass is 10.2. The number of benzene rings is 1. The van der Waals surface area contributed by atoms with Gasteiger partial charge >= 0.3 is 0 Å². The summed E-state index contributed by atoms with van der Waals surface area (Å²) in [6, 6.07) is 8.89. The lowest BCUT2D eigenvalue weighted by molar-refractivity contribution is -0.384. The first-order valence-electron chi connectivity index (χ1n) is 7.66. The minimum atomic E-state index is -3.91. The molecular weight excluding hydrogens is 410 g/mol. The van der Waals surface area contributed by atoms with Crippen LogP contribution in [0.4, 0.5) is 5.69 Å². The van der Waals surface area contributed by atoms with Crippen molar-refractivity contribution in [3.8, 4) is 0 Å². The molecule has 0 bridgehead atoms. The van der Waals surface area contributed by atoms with Gasteiger partial charge in [0, 0.05) is 18.7 Å². The summed E-state index contributed by atoms with van der Waals surface area (Å²) < 4.78 is 28.7. The van der Waals surface area contributed by atoms with E-state index < -0.39 is 20.9 Å². The fourth-order valence-corrected chi connectivity index (χ4v) is 5.51. The van der Waals surface area contributed by atoms with Gasteiger partial charge < -0.3 is 0 Å². The van der Waals surface area contributed by atoms with Gasteiger partial charge in [0.05, 0.1) is 9.83 Å². The van der Waals surface area contributed by atoms with E-state index in [1.807, 2.05) is 0 Å². The molecule has 3 rings (SSSR count). The number of thioether (sulfide) groups is 1. The van der Waals surface area contributed by atoms with Crippen molar-refractivity contribution in [3.05, 3.63) is 62.4 Å². The van der Waals surface area contributed by atoms with Crippen LogP contribution in [0.2, 0.25) is 0 Å². The fourth-order valence-electron chi connectivity index (χ4n) is 2.29. The number of nitrogens with zero attached hydrogens (tertiary/aromatic N) is 3. The van der Waals surface area contributed by atoms with Crippen LogP contribution < -0.4 is 0 Å². The first-order chi connectivity index (χ1) is 12.8. The van der Waals surface area contributed by atoms with E-state index in [0.29, 0.717) is 5.56 Å². The van der Waals surface area contributed by atoms with E-state index in [4.69, 9.17) is 0 Å². The normalized spacial score (nSPS) is 17.8. The first kappa shape index (κ1) is 19.3. The maximum Gasteiger partial charge on any atom is 0.294 e. The Morgan fingerprint density at radius 3 is 2.70 bits per heavy atom. The van der Waals surface area contributed by atoms with Crippen LogP contribution in [0.1, 0.15) is 12.5 Å². The summed E-state index contributed by atoms with van der Waals surface area (Å²) in [5.41, 5.74) is 0.375. The maximum atomic E-state index is 12.6. The fraction of sp³-hybridized carbons (Fsp3) is 0.125. The number of sulfonamides is 1. The smallest absolute Gasteiger partial charge is 0.286 e. The number of hydrogen-bond acceptors (Lipinski definition) is 7. The summed E-state index contributed by atoms with van der Waals surface area (Å²) in [5.74, 6) is -0.394. The standard InChI is InChI=1S/C16H13N3O5S3/c1-2-18-15(20)13(10-11-5-3-6-12(9-11)19(21)22)26-16(18)17-27(23,24)14-7-4-8-25-14/h3-10H,2H2,1H3. The Kier molecular flexibility index (Phi) is 5.44. The van der Waals surface area contributed by atoms with Gasteiger partial charge in [0.2, 0.25) is 0 Å². The van der Waals surface area contributed by atoms with Gasteiger partial charge in [-0.2, -0.15) is 8.42 Å². The molecule has 1 aliphatic rings. The molecular formula is C16H13N3O5S3. The molecule has 1 amide bonds. The molecule has 1 aromatic heterocycles. The molecule has 0 aliphatic carbocycles. The highest BCUT2D eigenvalue weighted by Crippen LogP contribution is 2.34. The molecule has 1 aromatic carbocycles. The summed E-state index contributed by atoms with van der Waals surface area (Å²) >= 11 is 1.97. The van der Waals surface area contributed by atoms with E-state index in [-0.39, 0.29) is 26.5 Å². The van der Waals surface area contributed by atoms with Crippen LogP contribution in [0, 0.1) is 10.1 Å². The zero-order valence-corrected chi connectivity index (χ0v) is 16.4. The molecule has 0 N–H and O–H groups in total. The van der Waals surface area contributed by atoms with Crippen molar-refractivity contribution < 1.29 is 18.1 Å². The minimum absolute atomic E-state index is 0.0626. The molecule has 0 spiro atoms. The van der Waals surface area contributed by atoms with Gasteiger partial charge in [-0.3, -0.25) is 19.8 Å². The molecule has 11 heteroatoms. The topological polar surface area (TPSA) is 110 Å². The molecule has 0 unspecified atom stereocenters. The Bertz CT molecular complexity index is 1060. The van der Waals surface area contributed by atoms with Gasteiger partial charge in [-0.1, -0.05) is 18.2 Å². The van der Waals surface area contributed by atoms with E-state index in [2.05, 4.69) is 4.40 Å². The zero-order valence-electron chi connectivity index (χ0n) is 13.9. The molecule has 0 saturated carbocycles. The first-order valence-corrected chi connectivity index (χ1v) is 10.8. The maximum absolute atomic E-state index is 12.6. The third-order valence-electron chi connectivity index (χ3n) is 3.53. The van der Waals surface area contributed by atoms with Gasteiger partial charge in [0.25, 0.3) is 21.6 Å². The van der Waals surface area contributed by atoms with Crippen LogP contribution in [0.25, 0.3) is 6.08 Å². The lowest BCUT2D eigenvalue weighted by Gasteiger charge is -2.11. The average molecular weight is 423 g/mol. The quantitative estimate of drug-likeness (QED) is 0.414. The Hall–Kier alpha value is -2.50. The summed E-state index contributed by atoms with van der Waals surface area (Å²) in [6.07, 6.45) is 1.49. The molecule has 2 heterocycles. The Morgan fingerprint density at radius 2 is 2.07 bits per heavy atom. The van der Waals surface area contributed by atoms with E-state index in [0.717, 1.165) is 23.1 Å². The van der Waals surface area contributed by atoms with Gasteiger partial charge in [-0.05, 0) is 41.8 Å². The molecule has 140 valence electrons. The third kappa shape index (κ3) is 4.10. The number of likely N-dealkylation sites (N-methyl/N-ethyl adjacent to an activating group) is 1. The Labute approximate surface area is 163 Å². The molecule has 1 saturated heterocycles. The second-order valence-corrected chi connectivity index (χ2v) is 9.08. The number of nitro groups is 1. The van der Waals surface area contributed by atoms with Crippen LogP contribution in [0.3, 0.4) is 0 Å². The average Bonchev–Trinajstić information content (AvgIpc) is 3.25. The van der Waals surface area contributed by atoms with Gasteiger partial charge in [-0.15, -0.1) is 15.7 Å². The Morgan fingerprint density at radius 1 is 1.30 bits per heavy atom. The lowest BCUT2D eigenvalue weighted by Crippen LogP contribution is -2.29. The number of rotatable bonds is 5. The van der Waals surface area contributed by atoms with Crippen molar-refractivity contribution in [3.63, 3.8) is 0 Å². The molecule has 0 atom stereocenters. The molecule has 2 aromatic rings. The van der Waals surface area contributed by atoms with Crippen molar-refractivity contribution in [1.29, 1.82) is 0 Å². The van der Waals surface area contributed by atoms with E-state index >= 15 is 0 Å². The van der Waals surface area contributed by atoms with Crippen molar-refractivity contribution in [2.45, 2.75) is 11.1 Å². The van der Waals surface area contributed by atoms with Gasteiger partial charge in [0.15, 0.2) is 5.17 Å². The largest absolute Gasteiger partial charge is 0.294 e. The third-order valence-corrected chi connectivity index (χ3v) is 7.29. The SMILES string of the molecule is CCN1C(=O)C(=Cc2cccc([N+](=O)[O-])c2)SC1=NS(=O)(=O)c1cccs1. The predicted molar refractivity (Wildman–Crippen MR) is 105 cm³/mol. The second-order valence-electron chi connectivity index (χ2n) is 5.29. The number of thiophene rings is 1. The minimum Gasteiger partial charge on any atom is -0.286 e. The second kappa shape index (κ2) is 7.62. The highest BCUT2D eigenvalue weighted by atomic mass is 32.2. The molecule has 1 aliphatic heterocycles. The van der Waals surface area contributed by atoms with Gasteiger partial charge in [0.1, 0.15) is 4.21 Å². The number of carbonyl (C=O) groups is 1. The zero-order chi connectivity index (χ0) is 19.6. The van der Waals surface area contributed by atoms with Gasteiger partial charge in [-0.25, -0.2) is 0 Å². The van der Waals surface area contributed by atoms with Crippen LogP contribution in [-0.4, -0.2) is 35.9 Å². The summed E-state index contributed by atoms with van der Waals surface area (Å²) in [4.78, 5) is 24.5. The molecule has 1 fully saturated rings. The monoisotopic (exact) mass is 423 g/mol. The van der Waals surface area contributed by atoms with Crippen LogP contribution >= 0.6 is 23.1 Å². The summed E-state index contributed by atoms with van der Waals surface area (Å²) in [7, 11) is -3.91. The molecule has 8 nitrogen and oxygen atoms in total. The Balaban J connectivity index is 1.97. The van der Waals surface area contributed by atoms with Crippen LogP contribution in [0.15, 0.2) is 55.3 Å². The predicted octanol–water partition coefficient (Wildman–Crippen LogP) is 3.34. The van der Waals surface area contributed by atoms with Crippen molar-refractivity contribution in [1.82, 2.24) is 4.90 Å². The molecule has 27 heavy (non-hydrogen) atoms. The van der Waals surface area contributed by atoms with E-state index in [1.54, 1.807) is 24.4 Å². The van der Waals surface area contributed by atoms with Crippen molar-refractivity contribution in [2.24, 2.45) is 4.40 Å².